The average Bonchev–Trinajstić information content (AvgIpc) is 3.11. The molecule has 0 spiro atoms. The van der Waals surface area contributed by atoms with E-state index < -0.39 is 0 Å². The van der Waals surface area contributed by atoms with Crippen LogP contribution in [-0.2, 0) is 0 Å². The van der Waals surface area contributed by atoms with Crippen LogP contribution in [0.25, 0.3) is 0 Å². The highest BCUT2D eigenvalue weighted by Gasteiger charge is 2.29. The van der Waals surface area contributed by atoms with Crippen molar-refractivity contribution < 1.29 is 0 Å². The number of hydrogen-bond donors (Lipinski definition) is 1. The topological polar surface area (TPSA) is 76.5 Å². The van der Waals surface area contributed by atoms with Gasteiger partial charge in [0.2, 0.25) is 0 Å². The summed E-state index contributed by atoms with van der Waals surface area (Å²) in [6, 6.07) is 0.274. The fourth-order valence-electron chi connectivity index (χ4n) is 1.62. The number of nitrogens with one attached hydrogen (secondary N) is 1. The van der Waals surface area contributed by atoms with Gasteiger partial charge < -0.3 is 0 Å². The first-order chi connectivity index (χ1) is 8.66. The standard InChI is InChI=1S/C10H10ClN5OS/c1-5-7(11)12-4-13-8(5)18-10-15-14-9(17)16(10)6-2-3-6/h4,6H,2-3H2,1H3,(H,14,17). The van der Waals surface area contributed by atoms with Gasteiger partial charge in [0.1, 0.15) is 16.5 Å². The maximum atomic E-state index is 11.6. The lowest BCUT2D eigenvalue weighted by Crippen LogP contribution is -2.16. The third-order valence-corrected chi connectivity index (χ3v) is 4.20. The normalized spacial score (nSPS) is 15.0. The molecule has 0 atom stereocenters. The van der Waals surface area contributed by atoms with Gasteiger partial charge in [-0.2, -0.15) is 0 Å². The van der Waals surface area contributed by atoms with Crippen molar-refractivity contribution in [2.45, 2.75) is 36.0 Å². The van der Waals surface area contributed by atoms with Crippen molar-refractivity contribution in [1.82, 2.24) is 24.7 Å². The molecule has 1 N–H and O–H groups in total. The van der Waals surface area contributed by atoms with Crippen LogP contribution in [0.15, 0.2) is 21.3 Å². The quantitative estimate of drug-likeness (QED) is 0.870. The van der Waals surface area contributed by atoms with E-state index in [9.17, 15) is 4.79 Å². The Bertz CT molecular complexity index is 648. The number of aromatic nitrogens is 5. The maximum absolute atomic E-state index is 11.6. The van der Waals surface area contributed by atoms with Gasteiger partial charge in [-0.3, -0.25) is 4.57 Å². The van der Waals surface area contributed by atoms with Crippen molar-refractivity contribution in [2.24, 2.45) is 0 Å². The first kappa shape index (κ1) is 11.7. The van der Waals surface area contributed by atoms with Crippen molar-refractivity contribution in [2.75, 3.05) is 0 Å². The van der Waals surface area contributed by atoms with Gasteiger partial charge in [-0.15, -0.1) is 5.10 Å². The van der Waals surface area contributed by atoms with Gasteiger partial charge in [0.05, 0.1) is 0 Å². The molecule has 0 unspecified atom stereocenters. The molecule has 3 rings (SSSR count). The summed E-state index contributed by atoms with van der Waals surface area (Å²) in [4.78, 5) is 19.7. The second-order valence-corrected chi connectivity index (χ2v) is 5.42. The number of nitrogens with zero attached hydrogens (tertiary/aromatic N) is 4. The zero-order valence-corrected chi connectivity index (χ0v) is 11.1. The summed E-state index contributed by atoms with van der Waals surface area (Å²) >= 11 is 7.27. The van der Waals surface area contributed by atoms with Gasteiger partial charge in [-0.25, -0.2) is 19.9 Å². The Morgan fingerprint density at radius 2 is 2.28 bits per heavy atom. The monoisotopic (exact) mass is 283 g/mol. The van der Waals surface area contributed by atoms with E-state index in [1.807, 2.05) is 6.92 Å². The van der Waals surface area contributed by atoms with E-state index in [0.29, 0.717) is 10.3 Å². The van der Waals surface area contributed by atoms with Gasteiger partial charge in [-0.1, -0.05) is 11.6 Å². The number of hydrogen-bond acceptors (Lipinski definition) is 5. The summed E-state index contributed by atoms with van der Waals surface area (Å²) in [6.45, 7) is 1.84. The zero-order chi connectivity index (χ0) is 12.7. The van der Waals surface area contributed by atoms with Gasteiger partial charge in [0.25, 0.3) is 0 Å². The highest BCUT2D eigenvalue weighted by atomic mass is 35.5. The molecule has 1 saturated carbocycles. The summed E-state index contributed by atoms with van der Waals surface area (Å²) in [5, 5.41) is 8.26. The van der Waals surface area contributed by atoms with Gasteiger partial charge in [-0.05, 0) is 31.5 Å². The van der Waals surface area contributed by atoms with Crippen LogP contribution in [0.3, 0.4) is 0 Å². The van der Waals surface area contributed by atoms with E-state index in [1.54, 1.807) is 4.57 Å². The number of rotatable bonds is 3. The van der Waals surface area contributed by atoms with E-state index in [0.717, 1.165) is 23.4 Å². The average molecular weight is 284 g/mol. The molecule has 94 valence electrons. The highest BCUT2D eigenvalue weighted by molar-refractivity contribution is 7.99. The van der Waals surface area contributed by atoms with Crippen molar-refractivity contribution in [3.8, 4) is 0 Å². The van der Waals surface area contributed by atoms with Gasteiger partial charge >= 0.3 is 5.69 Å². The van der Waals surface area contributed by atoms with Crippen molar-refractivity contribution in [3.05, 3.63) is 27.5 Å². The molecule has 1 fully saturated rings. The first-order valence-corrected chi connectivity index (χ1v) is 6.68. The molecule has 0 radical (unpaired) electrons. The Morgan fingerprint density at radius 1 is 1.50 bits per heavy atom. The largest absolute Gasteiger partial charge is 0.344 e. The van der Waals surface area contributed by atoms with Crippen LogP contribution in [0.5, 0.6) is 0 Å². The van der Waals surface area contributed by atoms with Crippen LogP contribution in [0, 0.1) is 6.92 Å². The van der Waals surface area contributed by atoms with Crippen molar-refractivity contribution in [1.29, 1.82) is 0 Å². The predicted octanol–water partition coefficient (Wildman–Crippen LogP) is 1.81. The fourth-order valence-corrected chi connectivity index (χ4v) is 2.75. The van der Waals surface area contributed by atoms with Gasteiger partial charge in [0, 0.05) is 11.6 Å². The summed E-state index contributed by atoms with van der Waals surface area (Å²) in [7, 11) is 0. The third kappa shape index (κ3) is 2.04. The van der Waals surface area contributed by atoms with E-state index in [-0.39, 0.29) is 11.7 Å². The van der Waals surface area contributed by atoms with Crippen LogP contribution in [0.1, 0.15) is 24.4 Å². The Labute approximate surface area is 112 Å². The third-order valence-electron chi connectivity index (χ3n) is 2.75. The smallest absolute Gasteiger partial charge is 0.267 e. The maximum Gasteiger partial charge on any atom is 0.344 e. The molecule has 0 bridgehead atoms. The number of aromatic amines is 1. The molecule has 2 heterocycles. The van der Waals surface area contributed by atoms with Crippen LogP contribution in [0.2, 0.25) is 5.15 Å². The predicted molar refractivity (Wildman–Crippen MR) is 67.0 cm³/mol. The van der Waals surface area contributed by atoms with E-state index in [2.05, 4.69) is 20.2 Å². The lowest BCUT2D eigenvalue weighted by atomic mass is 10.4. The van der Waals surface area contributed by atoms with E-state index >= 15 is 0 Å². The van der Waals surface area contributed by atoms with Crippen LogP contribution < -0.4 is 5.69 Å². The Hall–Kier alpha value is -1.34. The molecule has 2 aromatic heterocycles. The summed E-state index contributed by atoms with van der Waals surface area (Å²) in [5.41, 5.74) is 0.625. The molecular weight excluding hydrogens is 274 g/mol. The van der Waals surface area contributed by atoms with Gasteiger partial charge in [0.15, 0.2) is 5.16 Å². The molecular formula is C10H10ClN5OS. The summed E-state index contributed by atoms with van der Waals surface area (Å²) in [5.74, 6) is 0. The second kappa shape index (κ2) is 4.40. The molecule has 6 nitrogen and oxygen atoms in total. The lowest BCUT2D eigenvalue weighted by Gasteiger charge is -2.05. The molecule has 1 aliphatic rings. The molecule has 18 heavy (non-hydrogen) atoms. The van der Waals surface area contributed by atoms with Crippen molar-refractivity contribution in [3.63, 3.8) is 0 Å². The lowest BCUT2D eigenvalue weighted by molar-refractivity contribution is 0.642. The number of halogens is 1. The molecule has 0 aliphatic heterocycles. The molecule has 1 aliphatic carbocycles. The fraction of sp³-hybridized carbons (Fsp3) is 0.400. The molecule has 0 saturated heterocycles. The van der Waals surface area contributed by atoms with E-state index in [4.69, 9.17) is 11.6 Å². The highest BCUT2D eigenvalue weighted by Crippen LogP contribution is 2.38. The van der Waals surface area contributed by atoms with Crippen LogP contribution >= 0.6 is 23.4 Å². The summed E-state index contributed by atoms with van der Waals surface area (Å²) in [6.07, 6.45) is 3.46. The minimum Gasteiger partial charge on any atom is -0.267 e. The first-order valence-electron chi connectivity index (χ1n) is 5.48. The zero-order valence-electron chi connectivity index (χ0n) is 9.55. The Kier molecular flexibility index (Phi) is 2.87. The Morgan fingerprint density at radius 3 is 3.00 bits per heavy atom. The minimum absolute atomic E-state index is 0.169. The SMILES string of the molecule is Cc1c(Cl)ncnc1Sc1n[nH]c(=O)n1C1CC1. The molecule has 0 aromatic carbocycles. The van der Waals surface area contributed by atoms with Crippen molar-refractivity contribution >= 4 is 23.4 Å². The van der Waals surface area contributed by atoms with Crippen LogP contribution in [0.4, 0.5) is 0 Å². The van der Waals surface area contributed by atoms with Crippen LogP contribution in [-0.4, -0.2) is 24.7 Å². The molecule has 8 heteroatoms. The summed E-state index contributed by atoms with van der Waals surface area (Å²) < 4.78 is 1.68. The minimum atomic E-state index is -0.169. The Balaban J connectivity index is 1.97. The second-order valence-electron chi connectivity index (χ2n) is 4.11. The molecule has 2 aromatic rings. The molecule has 0 amide bonds. The number of H-pyrrole nitrogens is 1. The van der Waals surface area contributed by atoms with E-state index in [1.165, 1.54) is 18.1 Å².